The van der Waals surface area contributed by atoms with Crippen molar-refractivity contribution >= 4 is 16.9 Å². The first-order valence-electron chi connectivity index (χ1n) is 5.66. The smallest absolute Gasteiger partial charge is 0.330 e. The maximum absolute atomic E-state index is 12.1. The molecule has 0 radical (unpaired) electrons. The lowest BCUT2D eigenvalue weighted by Crippen LogP contribution is -2.32. The van der Waals surface area contributed by atoms with E-state index in [4.69, 9.17) is 4.74 Å². The predicted octanol–water partition coefficient (Wildman–Crippen LogP) is 0.916. The fourth-order valence-corrected chi connectivity index (χ4v) is 1.62. The fraction of sp³-hybridized carbons (Fsp3) is 0.333. The highest BCUT2D eigenvalue weighted by Crippen LogP contribution is 2.07. The highest BCUT2D eigenvalue weighted by atomic mass is 16.5. The minimum atomic E-state index is -0.783. The summed E-state index contributed by atoms with van der Waals surface area (Å²) >= 11 is 0. The Labute approximate surface area is 103 Å². The molecule has 0 aliphatic heterocycles. The van der Waals surface area contributed by atoms with Gasteiger partial charge in [-0.05, 0) is 26.0 Å². The van der Waals surface area contributed by atoms with E-state index in [1.165, 1.54) is 0 Å². The molecule has 18 heavy (non-hydrogen) atoms. The third-order valence-corrected chi connectivity index (χ3v) is 2.59. The van der Waals surface area contributed by atoms with Crippen molar-refractivity contribution in [2.24, 2.45) is 0 Å². The summed E-state index contributed by atoms with van der Waals surface area (Å²) in [6, 6.07) is 6.08. The number of esters is 1. The van der Waals surface area contributed by atoms with Gasteiger partial charge in [0.25, 0.3) is 5.56 Å². The molecule has 0 spiro atoms. The van der Waals surface area contributed by atoms with E-state index in [-0.39, 0.29) is 12.2 Å². The van der Waals surface area contributed by atoms with Gasteiger partial charge in [-0.25, -0.2) is 4.79 Å². The number of aromatic nitrogens is 3. The lowest BCUT2D eigenvalue weighted by molar-refractivity contribution is -0.147. The number of ether oxygens (including phenoxy) is 1. The molecule has 2 aromatic rings. The first-order valence-corrected chi connectivity index (χ1v) is 5.66. The third-order valence-electron chi connectivity index (χ3n) is 2.59. The molecule has 6 nitrogen and oxygen atoms in total. The second-order valence-corrected chi connectivity index (χ2v) is 3.78. The number of carbonyl (C=O) groups excluding carboxylic acids is 1. The Hall–Kier alpha value is -2.24. The molecule has 6 heteroatoms. The number of carbonyl (C=O) groups is 1. The van der Waals surface area contributed by atoms with Crippen LogP contribution in [0.4, 0.5) is 0 Å². The van der Waals surface area contributed by atoms with E-state index >= 15 is 0 Å². The Morgan fingerprint density at radius 1 is 1.44 bits per heavy atom. The number of hydrogen-bond acceptors (Lipinski definition) is 5. The monoisotopic (exact) mass is 247 g/mol. The Balaban J connectivity index is 2.49. The quantitative estimate of drug-likeness (QED) is 0.754. The molecule has 94 valence electrons. The van der Waals surface area contributed by atoms with Crippen molar-refractivity contribution in [1.82, 2.24) is 15.0 Å². The van der Waals surface area contributed by atoms with Crippen LogP contribution in [0.15, 0.2) is 29.1 Å². The second kappa shape index (κ2) is 4.95. The minimum Gasteiger partial charge on any atom is -0.464 e. The Morgan fingerprint density at radius 3 is 2.89 bits per heavy atom. The molecule has 1 heterocycles. The summed E-state index contributed by atoms with van der Waals surface area (Å²) in [5.41, 5.74) is 0.163. The topological polar surface area (TPSA) is 74.1 Å². The molecular formula is C12H13N3O3. The van der Waals surface area contributed by atoms with Crippen LogP contribution in [0.5, 0.6) is 0 Å². The van der Waals surface area contributed by atoms with E-state index in [0.717, 1.165) is 4.68 Å². The highest BCUT2D eigenvalue weighted by Gasteiger charge is 2.19. The molecule has 1 unspecified atom stereocenters. The summed E-state index contributed by atoms with van der Waals surface area (Å²) in [7, 11) is 0. The van der Waals surface area contributed by atoms with Crippen molar-refractivity contribution in [3.8, 4) is 0 Å². The van der Waals surface area contributed by atoms with Gasteiger partial charge in [-0.3, -0.25) is 4.79 Å². The summed E-state index contributed by atoms with van der Waals surface area (Å²) in [5, 5.41) is 8.11. The molecule has 0 aliphatic carbocycles. The molecule has 1 aromatic heterocycles. The SMILES string of the molecule is CCOC(=O)C(C)n1nnc2ccccc2c1=O. The van der Waals surface area contributed by atoms with E-state index in [0.29, 0.717) is 10.9 Å². The van der Waals surface area contributed by atoms with Crippen LogP contribution >= 0.6 is 0 Å². The van der Waals surface area contributed by atoms with E-state index in [1.54, 1.807) is 38.1 Å². The van der Waals surface area contributed by atoms with Gasteiger partial charge in [0.2, 0.25) is 0 Å². The second-order valence-electron chi connectivity index (χ2n) is 3.78. The summed E-state index contributed by atoms with van der Waals surface area (Å²) in [5.74, 6) is -0.496. The lowest BCUT2D eigenvalue weighted by Gasteiger charge is -2.11. The molecule has 1 aromatic carbocycles. The number of hydrogen-bond donors (Lipinski definition) is 0. The van der Waals surface area contributed by atoms with E-state index < -0.39 is 12.0 Å². The summed E-state index contributed by atoms with van der Waals surface area (Å²) in [6.45, 7) is 3.53. The fourth-order valence-electron chi connectivity index (χ4n) is 1.62. The Kier molecular flexibility index (Phi) is 3.36. The maximum Gasteiger partial charge on any atom is 0.330 e. The number of benzene rings is 1. The molecule has 0 bridgehead atoms. The van der Waals surface area contributed by atoms with Gasteiger partial charge in [-0.1, -0.05) is 17.3 Å². The summed E-state index contributed by atoms with van der Waals surface area (Å²) in [4.78, 5) is 23.7. The van der Waals surface area contributed by atoms with E-state index in [1.807, 2.05) is 0 Å². The molecule has 0 fully saturated rings. The van der Waals surface area contributed by atoms with Gasteiger partial charge in [0.1, 0.15) is 5.52 Å². The average molecular weight is 247 g/mol. The van der Waals surface area contributed by atoms with Gasteiger partial charge >= 0.3 is 5.97 Å². The van der Waals surface area contributed by atoms with E-state index in [9.17, 15) is 9.59 Å². The largest absolute Gasteiger partial charge is 0.464 e. The van der Waals surface area contributed by atoms with Gasteiger partial charge in [0.15, 0.2) is 6.04 Å². The van der Waals surface area contributed by atoms with Gasteiger partial charge in [0.05, 0.1) is 12.0 Å². The van der Waals surface area contributed by atoms with Crippen molar-refractivity contribution in [2.45, 2.75) is 19.9 Å². The third kappa shape index (κ3) is 2.09. The van der Waals surface area contributed by atoms with Gasteiger partial charge in [-0.15, -0.1) is 5.10 Å². The van der Waals surface area contributed by atoms with Crippen molar-refractivity contribution in [3.05, 3.63) is 34.6 Å². The van der Waals surface area contributed by atoms with Crippen LogP contribution in [0.25, 0.3) is 10.9 Å². The molecule has 0 amide bonds. The zero-order valence-corrected chi connectivity index (χ0v) is 10.2. The van der Waals surface area contributed by atoms with Crippen LogP contribution < -0.4 is 5.56 Å². The molecule has 1 atom stereocenters. The molecule has 2 rings (SSSR count). The first-order chi connectivity index (χ1) is 8.65. The molecule has 0 saturated carbocycles. The average Bonchev–Trinajstić information content (AvgIpc) is 2.39. The first kappa shape index (κ1) is 12.2. The molecular weight excluding hydrogens is 234 g/mol. The number of fused-ring (bicyclic) bond motifs is 1. The van der Waals surface area contributed by atoms with Gasteiger partial charge in [-0.2, -0.15) is 4.68 Å². The predicted molar refractivity (Wildman–Crippen MR) is 65.1 cm³/mol. The van der Waals surface area contributed by atoms with Crippen molar-refractivity contribution < 1.29 is 9.53 Å². The molecule has 0 saturated heterocycles. The highest BCUT2D eigenvalue weighted by molar-refractivity contribution is 5.77. The van der Waals surface area contributed by atoms with Gasteiger partial charge in [0, 0.05) is 0 Å². The molecule has 0 aliphatic rings. The van der Waals surface area contributed by atoms with Crippen molar-refractivity contribution in [2.75, 3.05) is 6.61 Å². The van der Waals surface area contributed by atoms with Crippen molar-refractivity contribution in [3.63, 3.8) is 0 Å². The standard InChI is InChI=1S/C12H13N3O3/c1-3-18-12(17)8(2)15-11(16)9-6-4-5-7-10(9)13-14-15/h4-8H,3H2,1-2H3. The minimum absolute atomic E-state index is 0.263. The lowest BCUT2D eigenvalue weighted by atomic mass is 10.2. The number of rotatable bonds is 3. The summed E-state index contributed by atoms with van der Waals surface area (Å²) < 4.78 is 5.90. The Morgan fingerprint density at radius 2 is 2.17 bits per heavy atom. The van der Waals surface area contributed by atoms with Crippen LogP contribution in [0.3, 0.4) is 0 Å². The van der Waals surface area contributed by atoms with E-state index in [2.05, 4.69) is 10.3 Å². The van der Waals surface area contributed by atoms with Crippen LogP contribution in [-0.4, -0.2) is 27.6 Å². The van der Waals surface area contributed by atoms with Crippen LogP contribution in [0.1, 0.15) is 19.9 Å². The van der Waals surface area contributed by atoms with Gasteiger partial charge < -0.3 is 4.74 Å². The zero-order valence-electron chi connectivity index (χ0n) is 10.2. The molecule has 0 N–H and O–H groups in total. The Bertz CT molecular complexity index is 636. The summed E-state index contributed by atoms with van der Waals surface area (Å²) in [6.07, 6.45) is 0. The van der Waals surface area contributed by atoms with Crippen LogP contribution in [0.2, 0.25) is 0 Å². The van der Waals surface area contributed by atoms with Crippen LogP contribution in [-0.2, 0) is 9.53 Å². The normalized spacial score (nSPS) is 12.3. The van der Waals surface area contributed by atoms with Crippen molar-refractivity contribution in [1.29, 1.82) is 0 Å². The van der Waals surface area contributed by atoms with Crippen LogP contribution in [0, 0.1) is 0 Å². The maximum atomic E-state index is 12.1. The zero-order chi connectivity index (χ0) is 13.1. The number of nitrogens with zero attached hydrogens (tertiary/aromatic N) is 3.